The Morgan fingerprint density at radius 1 is 0.563 bits per heavy atom. The minimum Gasteiger partial charge on any atom is -0.453 e. The Morgan fingerprint density at radius 3 is 1.30 bits per heavy atom. The van der Waals surface area contributed by atoms with Crippen molar-refractivity contribution in [2.45, 2.75) is 129 Å². The number of alkyl carbamates (subject to hydrolysis) is 2. The lowest BCUT2D eigenvalue weighted by Crippen LogP contribution is -2.51. The Morgan fingerprint density at radius 2 is 0.944 bits per heavy atom. The molecule has 4 amide bonds. The molecule has 2 aromatic heterocycles. The number of amides is 4. The molecule has 5 fully saturated rings. The Hall–Kier alpha value is -6.44. The van der Waals surface area contributed by atoms with Gasteiger partial charge in [-0.05, 0) is 137 Å². The fourth-order valence-electron chi connectivity index (χ4n) is 12.8. The van der Waals surface area contributed by atoms with Crippen molar-refractivity contribution in [2.75, 3.05) is 27.3 Å². The van der Waals surface area contributed by atoms with Gasteiger partial charge in [-0.2, -0.15) is 0 Å². The number of imidazole rings is 2. The van der Waals surface area contributed by atoms with E-state index < -0.39 is 24.3 Å². The number of hydrogen-bond acceptors (Lipinski definition) is 8. The first-order valence-corrected chi connectivity index (χ1v) is 26.0. The molecule has 4 aliphatic carbocycles. The van der Waals surface area contributed by atoms with E-state index in [1.165, 1.54) is 73.3 Å². The molecule has 0 radical (unpaired) electrons. The molecule has 4 heterocycles. The Labute approximate surface area is 416 Å². The van der Waals surface area contributed by atoms with Crippen LogP contribution in [0.3, 0.4) is 0 Å². The van der Waals surface area contributed by atoms with Gasteiger partial charge >= 0.3 is 12.2 Å². The number of methoxy groups -OCH3 is 2. The van der Waals surface area contributed by atoms with Gasteiger partial charge in [0, 0.05) is 13.1 Å². The van der Waals surface area contributed by atoms with Crippen LogP contribution >= 0.6 is 0 Å². The molecule has 11 rings (SSSR count). The van der Waals surface area contributed by atoms with Gasteiger partial charge in [-0.15, -0.1) is 0 Å². The van der Waals surface area contributed by atoms with Crippen molar-refractivity contribution in [2.24, 2.45) is 28.1 Å². The molecule has 2 aliphatic heterocycles. The maximum absolute atomic E-state index is 14.0. The molecule has 4 N–H and O–H groups in total. The summed E-state index contributed by atoms with van der Waals surface area (Å²) in [5.41, 5.74) is 12.4. The van der Waals surface area contributed by atoms with Crippen molar-refractivity contribution in [3.8, 4) is 44.8 Å². The number of nitrogens with zero attached hydrogens (tertiary/aromatic N) is 4. The van der Waals surface area contributed by atoms with Crippen LogP contribution in [0, 0.1) is 28.1 Å². The number of aromatic nitrogens is 4. The average molecular weight is 961 g/mol. The highest BCUT2D eigenvalue weighted by atomic mass is 16.5. The number of nitrogens with one attached hydrogen (secondary N) is 4. The van der Waals surface area contributed by atoms with Gasteiger partial charge in [0.1, 0.15) is 23.7 Å². The minimum absolute atomic E-state index is 0.0947. The van der Waals surface area contributed by atoms with Gasteiger partial charge < -0.3 is 39.9 Å². The fraction of sp³-hybridized carbons (Fsp3) is 0.509. The topological polar surface area (TPSA) is 175 Å². The van der Waals surface area contributed by atoms with Gasteiger partial charge in [-0.3, -0.25) is 9.59 Å². The van der Waals surface area contributed by atoms with Gasteiger partial charge in [0.05, 0.1) is 50.1 Å². The van der Waals surface area contributed by atoms with Crippen LogP contribution in [-0.2, 0) is 31.9 Å². The summed E-state index contributed by atoms with van der Waals surface area (Å²) >= 11 is 0. The molecule has 0 bridgehead atoms. The van der Waals surface area contributed by atoms with Gasteiger partial charge in [0.25, 0.3) is 0 Å². The van der Waals surface area contributed by atoms with Gasteiger partial charge in [-0.25, -0.2) is 19.6 Å². The zero-order valence-electron chi connectivity index (χ0n) is 42.0. The van der Waals surface area contributed by atoms with Crippen molar-refractivity contribution in [3.05, 3.63) is 95.8 Å². The zero-order valence-corrected chi connectivity index (χ0v) is 42.0. The molecule has 3 aromatic carbocycles. The van der Waals surface area contributed by atoms with E-state index in [1.54, 1.807) is 0 Å². The monoisotopic (exact) mass is 961 g/mol. The molecule has 71 heavy (non-hydrogen) atoms. The van der Waals surface area contributed by atoms with Crippen molar-refractivity contribution in [1.29, 1.82) is 0 Å². The Bertz CT molecular complexity index is 2660. The number of rotatable bonds is 12. The summed E-state index contributed by atoms with van der Waals surface area (Å²) in [6.07, 6.45) is 15.9. The molecular weight excluding hydrogens is 893 g/mol. The zero-order chi connectivity index (χ0) is 49.4. The number of fused-ring (bicyclic) bond motifs is 1. The number of H-pyrrole nitrogens is 2. The summed E-state index contributed by atoms with van der Waals surface area (Å²) in [5.74, 6) is 1.17. The van der Waals surface area contributed by atoms with Crippen LogP contribution in [0.15, 0.2) is 73.1 Å². The fourth-order valence-corrected chi connectivity index (χ4v) is 12.8. The van der Waals surface area contributed by atoms with E-state index in [-0.39, 0.29) is 46.6 Å². The molecule has 4 atom stereocenters. The highest BCUT2D eigenvalue weighted by molar-refractivity contribution is 5.88. The third-order valence-electron chi connectivity index (χ3n) is 17.3. The SMILES string of the molecule is COC(=O)N[C@H](C(=O)N1CC2(CC2)CC1c1ncc(-c2ccc(-c3ccc(-c4ccc(-c5cnc([C@@H]6CC7(CC7)CN6C(=O)[C@@H](NC(=O)OC)C(C)C)[nH]5)cc4)c4c3CC3(CCCC3)C4)cc2)[nH]1)C(C)C. The average Bonchev–Trinajstić information content (AvgIpc) is 3.80. The van der Waals surface area contributed by atoms with Crippen LogP contribution < -0.4 is 10.6 Å². The number of carbonyl (C=O) groups excluding carboxylic acids is 4. The summed E-state index contributed by atoms with van der Waals surface area (Å²) < 4.78 is 9.73. The summed E-state index contributed by atoms with van der Waals surface area (Å²) in [5, 5.41) is 5.56. The van der Waals surface area contributed by atoms with E-state index in [1.807, 2.05) is 49.9 Å². The quantitative estimate of drug-likeness (QED) is 0.0956. The molecule has 2 saturated heterocycles. The third kappa shape index (κ3) is 8.79. The Kier molecular flexibility index (Phi) is 11.9. The Balaban J connectivity index is 0.824. The van der Waals surface area contributed by atoms with Crippen LogP contribution in [0.25, 0.3) is 44.8 Å². The minimum atomic E-state index is -0.683. The standard InChI is InChI=1S/C57H68N8O6/c1-33(2)47(62-53(68)70-5)51(66)64-31-56(21-22-56)27-45(64)49-58-29-43(60-49)37-13-9-35(10-14-37)39-17-18-40(42-26-55(25-41(39)42)19-7-8-20-55)36-11-15-38(16-12-36)44-30-59-50(61-44)46-28-57(23-24-57)32-65(46)52(67)48(34(3)4)63-54(69)71-6/h9-18,29-30,33-34,45-48H,7-8,19-28,31-32H2,1-6H3,(H,58,60)(H,59,61)(H,62,68)(H,63,69)/t45-,46?,47-,48-/m0/s1. The van der Waals surface area contributed by atoms with Crippen LogP contribution in [-0.4, -0.2) is 93.1 Å². The second-order valence-electron chi connectivity index (χ2n) is 22.8. The van der Waals surface area contributed by atoms with E-state index in [2.05, 4.69) is 81.3 Å². The smallest absolute Gasteiger partial charge is 0.407 e. The summed E-state index contributed by atoms with van der Waals surface area (Å²) in [6, 6.07) is 20.6. The van der Waals surface area contributed by atoms with E-state index in [0.29, 0.717) is 18.5 Å². The number of hydrogen-bond donors (Lipinski definition) is 4. The van der Waals surface area contributed by atoms with Gasteiger partial charge in [-0.1, -0.05) is 101 Å². The first-order valence-electron chi connectivity index (χ1n) is 26.0. The molecule has 6 aliphatic rings. The lowest BCUT2D eigenvalue weighted by atomic mass is 9.82. The maximum atomic E-state index is 14.0. The summed E-state index contributed by atoms with van der Waals surface area (Å²) in [6.45, 7) is 9.10. The van der Waals surface area contributed by atoms with Crippen LogP contribution in [0.2, 0.25) is 0 Å². The van der Waals surface area contributed by atoms with Crippen LogP contribution in [0.5, 0.6) is 0 Å². The molecule has 372 valence electrons. The number of carbonyl (C=O) groups is 4. The normalized spacial score (nSPS) is 21.8. The number of benzene rings is 3. The van der Waals surface area contributed by atoms with Crippen molar-refractivity contribution < 1.29 is 28.7 Å². The number of ether oxygens (including phenoxy) is 2. The van der Waals surface area contributed by atoms with Gasteiger partial charge in [0.15, 0.2) is 0 Å². The van der Waals surface area contributed by atoms with E-state index in [0.717, 1.165) is 85.5 Å². The van der Waals surface area contributed by atoms with E-state index >= 15 is 0 Å². The molecule has 14 nitrogen and oxygen atoms in total. The maximum Gasteiger partial charge on any atom is 0.407 e. The van der Waals surface area contributed by atoms with Crippen molar-refractivity contribution in [1.82, 2.24) is 40.4 Å². The van der Waals surface area contributed by atoms with Crippen LogP contribution in [0.4, 0.5) is 9.59 Å². The lowest BCUT2D eigenvalue weighted by Gasteiger charge is -2.30. The summed E-state index contributed by atoms with van der Waals surface area (Å²) in [7, 11) is 2.64. The molecule has 1 unspecified atom stereocenters. The molecule has 3 spiro atoms. The van der Waals surface area contributed by atoms with Gasteiger partial charge in [0.2, 0.25) is 11.8 Å². The lowest BCUT2D eigenvalue weighted by molar-refractivity contribution is -0.136. The molecule has 5 aromatic rings. The van der Waals surface area contributed by atoms with Crippen LogP contribution in [0.1, 0.15) is 127 Å². The first kappa shape index (κ1) is 46.9. The largest absolute Gasteiger partial charge is 0.453 e. The number of aromatic amines is 2. The second kappa shape index (κ2) is 18.0. The molecular formula is C57H68N8O6. The predicted octanol–water partition coefficient (Wildman–Crippen LogP) is 10.3. The third-order valence-corrected chi connectivity index (χ3v) is 17.3. The highest BCUT2D eigenvalue weighted by Crippen LogP contribution is 2.60. The first-order chi connectivity index (χ1) is 34.2. The van der Waals surface area contributed by atoms with E-state index in [4.69, 9.17) is 19.4 Å². The summed E-state index contributed by atoms with van der Waals surface area (Å²) in [4.78, 5) is 73.3. The van der Waals surface area contributed by atoms with Crippen molar-refractivity contribution >= 4 is 24.0 Å². The van der Waals surface area contributed by atoms with E-state index in [9.17, 15) is 19.2 Å². The van der Waals surface area contributed by atoms with Crippen molar-refractivity contribution in [3.63, 3.8) is 0 Å². The molecule has 3 saturated carbocycles. The highest BCUT2D eigenvalue weighted by Gasteiger charge is 2.56. The predicted molar refractivity (Wildman–Crippen MR) is 271 cm³/mol. The molecule has 14 heteroatoms. The number of likely N-dealkylation sites (tertiary alicyclic amines) is 2. The second-order valence-corrected chi connectivity index (χ2v) is 22.8.